The number of rotatable bonds is 5. The van der Waals surface area contributed by atoms with Crippen molar-refractivity contribution in [3.05, 3.63) is 118 Å². The Morgan fingerprint density at radius 1 is 1.16 bits per heavy atom. The van der Waals surface area contributed by atoms with Crippen molar-refractivity contribution in [2.45, 2.75) is 26.8 Å². The lowest BCUT2D eigenvalue weighted by atomic mass is 9.94. The highest BCUT2D eigenvalue weighted by atomic mass is 32.1. The molecule has 0 aliphatic carbocycles. The molecular weight excluding hydrogens is 490 g/mol. The minimum Gasteiger partial charge on any atom is -0.463 e. The average Bonchev–Trinajstić information content (AvgIpc) is 3.18. The molecule has 8 nitrogen and oxygen atoms in total. The third kappa shape index (κ3) is 4.27. The number of thiazole rings is 1. The normalized spacial score (nSPS) is 15.4. The predicted molar refractivity (Wildman–Crippen MR) is 142 cm³/mol. The Kier molecular flexibility index (Phi) is 6.31. The van der Waals surface area contributed by atoms with Crippen molar-refractivity contribution in [3.8, 4) is 0 Å². The molecule has 3 aromatic carbocycles. The van der Waals surface area contributed by atoms with Gasteiger partial charge in [0.1, 0.15) is 0 Å². The Bertz CT molecular complexity index is 1790. The minimum absolute atomic E-state index is 0.0896. The van der Waals surface area contributed by atoms with Crippen LogP contribution in [0.3, 0.4) is 0 Å². The monoisotopic (exact) mass is 513 g/mol. The van der Waals surface area contributed by atoms with Gasteiger partial charge in [-0.3, -0.25) is 19.5 Å². The second kappa shape index (κ2) is 9.59. The number of nitro benzene ring substituents is 1. The summed E-state index contributed by atoms with van der Waals surface area (Å²) >= 11 is 1.22. The number of aryl methyl sites for hydroxylation is 1. The molecule has 0 radical (unpaired) electrons. The minimum atomic E-state index is -0.913. The first-order chi connectivity index (χ1) is 17.8. The van der Waals surface area contributed by atoms with Crippen LogP contribution in [0.5, 0.6) is 0 Å². The fourth-order valence-corrected chi connectivity index (χ4v) is 5.66. The maximum absolute atomic E-state index is 13.8. The first-order valence-corrected chi connectivity index (χ1v) is 12.5. The Hall–Kier alpha value is -4.37. The SMILES string of the molecule is CCOC(=O)C1=C(C)N=c2s/c(=C/c3cccc4ccccc34)c(=O)n2[C@H]1c1ccc(C)c([N+](=O)[O-])c1. The highest BCUT2D eigenvalue weighted by Crippen LogP contribution is 2.33. The molecule has 0 N–H and O–H groups in total. The zero-order valence-corrected chi connectivity index (χ0v) is 21.2. The van der Waals surface area contributed by atoms with Crippen LogP contribution in [-0.2, 0) is 9.53 Å². The van der Waals surface area contributed by atoms with Crippen LogP contribution in [0, 0.1) is 17.0 Å². The number of nitro groups is 1. The molecular formula is C28H23N3O5S. The molecule has 0 fully saturated rings. The fourth-order valence-electron chi connectivity index (χ4n) is 4.62. The first kappa shape index (κ1) is 24.3. The summed E-state index contributed by atoms with van der Waals surface area (Å²) < 4.78 is 7.18. The third-order valence-corrected chi connectivity index (χ3v) is 7.36. The molecule has 4 aromatic rings. The number of benzene rings is 3. The summed E-state index contributed by atoms with van der Waals surface area (Å²) in [6, 6.07) is 17.6. The quantitative estimate of drug-likeness (QED) is 0.226. The molecule has 0 saturated heterocycles. The molecule has 0 spiro atoms. The summed E-state index contributed by atoms with van der Waals surface area (Å²) in [7, 11) is 0. The van der Waals surface area contributed by atoms with Crippen molar-refractivity contribution in [2.24, 2.45) is 4.99 Å². The Morgan fingerprint density at radius 2 is 1.92 bits per heavy atom. The van der Waals surface area contributed by atoms with E-state index in [9.17, 15) is 19.7 Å². The van der Waals surface area contributed by atoms with Crippen molar-refractivity contribution >= 4 is 39.8 Å². The van der Waals surface area contributed by atoms with Crippen molar-refractivity contribution in [1.82, 2.24) is 4.57 Å². The average molecular weight is 514 g/mol. The lowest BCUT2D eigenvalue weighted by Gasteiger charge is -2.24. The van der Waals surface area contributed by atoms with Gasteiger partial charge in [0.05, 0.1) is 33.4 Å². The van der Waals surface area contributed by atoms with E-state index in [4.69, 9.17) is 4.74 Å². The van der Waals surface area contributed by atoms with Crippen LogP contribution in [0.25, 0.3) is 16.8 Å². The Morgan fingerprint density at radius 3 is 2.68 bits per heavy atom. The van der Waals surface area contributed by atoms with E-state index in [1.807, 2.05) is 48.5 Å². The largest absolute Gasteiger partial charge is 0.463 e. The van der Waals surface area contributed by atoms with Crippen LogP contribution in [0.4, 0.5) is 5.69 Å². The number of ether oxygens (including phenoxy) is 1. The van der Waals surface area contributed by atoms with Gasteiger partial charge in [-0.15, -0.1) is 0 Å². The molecule has 186 valence electrons. The maximum atomic E-state index is 13.8. The van der Waals surface area contributed by atoms with Gasteiger partial charge in [0, 0.05) is 11.6 Å². The number of esters is 1. The van der Waals surface area contributed by atoms with E-state index in [-0.39, 0.29) is 23.4 Å². The summed E-state index contributed by atoms with van der Waals surface area (Å²) in [4.78, 5) is 43.1. The van der Waals surface area contributed by atoms with Gasteiger partial charge in [0.15, 0.2) is 4.80 Å². The molecule has 0 bridgehead atoms. The van der Waals surface area contributed by atoms with Crippen LogP contribution >= 0.6 is 11.3 Å². The van der Waals surface area contributed by atoms with Crippen molar-refractivity contribution in [1.29, 1.82) is 0 Å². The Balaban J connectivity index is 1.77. The number of aromatic nitrogens is 1. The van der Waals surface area contributed by atoms with Crippen LogP contribution in [0.2, 0.25) is 0 Å². The highest BCUT2D eigenvalue weighted by molar-refractivity contribution is 7.07. The van der Waals surface area contributed by atoms with Gasteiger partial charge in [-0.1, -0.05) is 65.9 Å². The molecule has 1 aliphatic heterocycles. The zero-order valence-electron chi connectivity index (χ0n) is 20.4. The van der Waals surface area contributed by atoms with Crippen LogP contribution < -0.4 is 14.9 Å². The second-order valence-electron chi connectivity index (χ2n) is 8.67. The molecule has 1 atom stereocenters. The van der Waals surface area contributed by atoms with E-state index < -0.39 is 16.9 Å². The van der Waals surface area contributed by atoms with E-state index in [0.29, 0.717) is 26.2 Å². The predicted octanol–water partition coefficient (Wildman–Crippen LogP) is 4.17. The number of hydrogen-bond donors (Lipinski definition) is 0. The topological polar surface area (TPSA) is 104 Å². The van der Waals surface area contributed by atoms with Gasteiger partial charge in [0.2, 0.25) is 0 Å². The second-order valence-corrected chi connectivity index (χ2v) is 9.68. The third-order valence-electron chi connectivity index (χ3n) is 6.37. The number of fused-ring (bicyclic) bond motifs is 2. The molecule has 1 aromatic heterocycles. The van der Waals surface area contributed by atoms with Crippen molar-refractivity contribution < 1.29 is 14.5 Å². The summed E-state index contributed by atoms with van der Waals surface area (Å²) in [6.07, 6.45) is 1.82. The maximum Gasteiger partial charge on any atom is 0.338 e. The van der Waals surface area contributed by atoms with Gasteiger partial charge in [-0.2, -0.15) is 0 Å². The number of nitrogens with zero attached hydrogens (tertiary/aromatic N) is 3. The smallest absolute Gasteiger partial charge is 0.338 e. The van der Waals surface area contributed by atoms with Crippen LogP contribution in [0.15, 0.2) is 81.7 Å². The first-order valence-electron chi connectivity index (χ1n) is 11.7. The van der Waals surface area contributed by atoms with E-state index in [0.717, 1.165) is 16.3 Å². The zero-order chi connectivity index (χ0) is 26.3. The van der Waals surface area contributed by atoms with E-state index in [1.165, 1.54) is 22.0 Å². The van der Waals surface area contributed by atoms with E-state index in [2.05, 4.69) is 4.99 Å². The van der Waals surface area contributed by atoms with Gasteiger partial charge in [0.25, 0.3) is 11.2 Å². The molecule has 1 aliphatic rings. The van der Waals surface area contributed by atoms with E-state index >= 15 is 0 Å². The van der Waals surface area contributed by atoms with E-state index in [1.54, 1.807) is 32.9 Å². The highest BCUT2D eigenvalue weighted by Gasteiger charge is 2.34. The summed E-state index contributed by atoms with van der Waals surface area (Å²) in [5.41, 5.74) is 1.97. The van der Waals surface area contributed by atoms with Gasteiger partial charge < -0.3 is 4.74 Å². The number of carbonyl (C=O) groups excluding carboxylic acids is 1. The summed E-state index contributed by atoms with van der Waals surface area (Å²) in [5.74, 6) is -0.611. The van der Waals surface area contributed by atoms with Gasteiger partial charge >= 0.3 is 5.97 Å². The molecule has 9 heteroatoms. The standard InChI is InChI=1S/C28H23N3O5S/c1-4-36-27(33)24-17(3)29-28-30(25(24)20-13-12-16(2)22(14-20)31(34)35)26(32)23(37-28)15-19-10-7-9-18-8-5-6-11-21(18)19/h5-15,25H,4H2,1-3H3/b23-15+/t25-/m0/s1. The summed E-state index contributed by atoms with van der Waals surface area (Å²) in [5, 5.41) is 13.7. The van der Waals surface area contributed by atoms with Gasteiger partial charge in [-0.25, -0.2) is 9.79 Å². The number of hydrogen-bond acceptors (Lipinski definition) is 7. The van der Waals surface area contributed by atoms with Crippen molar-refractivity contribution in [2.75, 3.05) is 6.61 Å². The lowest BCUT2D eigenvalue weighted by Crippen LogP contribution is -2.40. The molecule has 0 amide bonds. The van der Waals surface area contributed by atoms with Crippen LogP contribution in [0.1, 0.15) is 36.6 Å². The Labute approximate surface area is 215 Å². The van der Waals surface area contributed by atoms with Gasteiger partial charge in [-0.05, 0) is 48.7 Å². The van der Waals surface area contributed by atoms with Crippen molar-refractivity contribution in [3.63, 3.8) is 0 Å². The fraction of sp³-hybridized carbons (Fsp3) is 0.179. The number of allylic oxidation sites excluding steroid dienone is 1. The summed E-state index contributed by atoms with van der Waals surface area (Å²) in [6.45, 7) is 5.16. The van der Waals surface area contributed by atoms with Crippen LogP contribution in [-0.4, -0.2) is 22.1 Å². The molecule has 0 unspecified atom stereocenters. The lowest BCUT2D eigenvalue weighted by molar-refractivity contribution is -0.385. The molecule has 0 saturated carbocycles. The molecule has 37 heavy (non-hydrogen) atoms. The number of carbonyl (C=O) groups is 1. The molecule has 2 heterocycles. The molecule has 5 rings (SSSR count).